The summed E-state index contributed by atoms with van der Waals surface area (Å²) in [4.78, 5) is 2.38. The van der Waals surface area contributed by atoms with Crippen molar-refractivity contribution in [3.8, 4) is 0 Å². The largest absolute Gasteiger partial charge is 0.374 e. The number of halogens is 2. The molecule has 2 fully saturated rings. The number of nitrogens with zero attached hydrogens (tertiary/aromatic N) is 1. The number of nitrogens with one attached hydrogen (secondary N) is 1. The minimum atomic E-state index is 0. The van der Waals surface area contributed by atoms with Crippen molar-refractivity contribution in [1.82, 2.24) is 10.2 Å². The second-order valence-electron chi connectivity index (χ2n) is 3.12. The van der Waals surface area contributed by atoms with E-state index in [2.05, 4.69) is 17.3 Å². The Morgan fingerprint density at radius 2 is 2.08 bits per heavy atom. The molecule has 0 bridgehead atoms. The molecule has 5 heteroatoms. The lowest BCUT2D eigenvalue weighted by atomic mass is 10.1. The van der Waals surface area contributed by atoms with Gasteiger partial charge in [0.05, 0.1) is 12.7 Å². The Labute approximate surface area is 85.6 Å². The normalized spacial score (nSPS) is 34.8. The van der Waals surface area contributed by atoms with E-state index < -0.39 is 0 Å². The zero-order valence-electron chi connectivity index (χ0n) is 7.16. The monoisotopic (exact) mass is 214 g/mol. The molecular formula is C7H16Cl2N2O. The van der Waals surface area contributed by atoms with E-state index in [9.17, 15) is 0 Å². The third-order valence-corrected chi connectivity index (χ3v) is 2.47. The number of rotatable bonds is 0. The number of fused-ring (bicyclic) bond motifs is 1. The van der Waals surface area contributed by atoms with Crippen molar-refractivity contribution in [1.29, 1.82) is 0 Å². The van der Waals surface area contributed by atoms with Gasteiger partial charge in [-0.3, -0.25) is 4.90 Å². The lowest BCUT2D eigenvalue weighted by molar-refractivity contribution is -0.0363. The molecule has 0 aliphatic carbocycles. The quantitative estimate of drug-likeness (QED) is 0.621. The maximum atomic E-state index is 5.57. The van der Waals surface area contributed by atoms with Gasteiger partial charge in [-0.2, -0.15) is 0 Å². The van der Waals surface area contributed by atoms with E-state index in [1.807, 2.05) is 0 Å². The molecule has 0 unspecified atom stereocenters. The van der Waals surface area contributed by atoms with Crippen LogP contribution in [0.4, 0.5) is 0 Å². The SMILES string of the molecule is CN1CCO[C@@H]2CNC[C@H]21.Cl.Cl. The molecule has 2 rings (SSSR count). The second kappa shape index (κ2) is 5.25. The van der Waals surface area contributed by atoms with E-state index in [1.54, 1.807) is 0 Å². The van der Waals surface area contributed by atoms with Crippen LogP contribution in [0.5, 0.6) is 0 Å². The highest BCUT2D eigenvalue weighted by Gasteiger charge is 2.33. The molecule has 0 aromatic rings. The zero-order chi connectivity index (χ0) is 6.97. The fourth-order valence-corrected chi connectivity index (χ4v) is 1.76. The Hall–Kier alpha value is 0.460. The summed E-state index contributed by atoms with van der Waals surface area (Å²) >= 11 is 0. The van der Waals surface area contributed by atoms with Gasteiger partial charge in [0, 0.05) is 25.7 Å². The van der Waals surface area contributed by atoms with Gasteiger partial charge in [0.2, 0.25) is 0 Å². The lowest BCUT2D eigenvalue weighted by Crippen LogP contribution is -2.48. The summed E-state index contributed by atoms with van der Waals surface area (Å²) in [5, 5.41) is 3.33. The molecule has 2 aliphatic heterocycles. The van der Waals surface area contributed by atoms with E-state index in [0.29, 0.717) is 12.1 Å². The summed E-state index contributed by atoms with van der Waals surface area (Å²) < 4.78 is 5.57. The van der Waals surface area contributed by atoms with Crippen LogP contribution in [0.2, 0.25) is 0 Å². The molecule has 2 atom stereocenters. The van der Waals surface area contributed by atoms with E-state index in [-0.39, 0.29) is 24.8 Å². The van der Waals surface area contributed by atoms with Crippen LogP contribution in [-0.4, -0.2) is 50.3 Å². The van der Waals surface area contributed by atoms with Crippen LogP contribution >= 0.6 is 24.8 Å². The third-order valence-electron chi connectivity index (χ3n) is 2.47. The summed E-state index contributed by atoms with van der Waals surface area (Å²) in [5.41, 5.74) is 0. The first-order chi connectivity index (χ1) is 4.88. The highest BCUT2D eigenvalue weighted by Crippen LogP contribution is 2.14. The van der Waals surface area contributed by atoms with Crippen molar-refractivity contribution in [2.75, 3.05) is 33.3 Å². The smallest absolute Gasteiger partial charge is 0.0867 e. The van der Waals surface area contributed by atoms with E-state index in [0.717, 1.165) is 26.2 Å². The zero-order valence-corrected chi connectivity index (χ0v) is 8.79. The van der Waals surface area contributed by atoms with Crippen LogP contribution in [0, 0.1) is 0 Å². The fourth-order valence-electron chi connectivity index (χ4n) is 1.76. The van der Waals surface area contributed by atoms with Gasteiger partial charge < -0.3 is 10.1 Å². The molecular weight excluding hydrogens is 199 g/mol. The predicted molar refractivity (Wildman–Crippen MR) is 53.5 cm³/mol. The first-order valence-corrected chi connectivity index (χ1v) is 3.90. The summed E-state index contributed by atoms with van der Waals surface area (Å²) in [6.45, 7) is 4.12. The average molecular weight is 215 g/mol. The van der Waals surface area contributed by atoms with Gasteiger partial charge in [-0.15, -0.1) is 24.8 Å². The van der Waals surface area contributed by atoms with E-state index in [1.165, 1.54) is 0 Å². The number of morpholine rings is 1. The van der Waals surface area contributed by atoms with Gasteiger partial charge in [-0.1, -0.05) is 0 Å². The van der Waals surface area contributed by atoms with E-state index >= 15 is 0 Å². The lowest BCUT2D eigenvalue weighted by Gasteiger charge is -2.33. The third kappa shape index (κ3) is 2.24. The van der Waals surface area contributed by atoms with Gasteiger partial charge in [-0.25, -0.2) is 0 Å². The van der Waals surface area contributed by atoms with Crippen LogP contribution in [0.3, 0.4) is 0 Å². The minimum absolute atomic E-state index is 0. The molecule has 0 spiro atoms. The molecule has 0 radical (unpaired) electrons. The van der Waals surface area contributed by atoms with Gasteiger partial charge in [0.25, 0.3) is 0 Å². The Balaban J connectivity index is 0.000000605. The van der Waals surface area contributed by atoms with Crippen LogP contribution in [0.1, 0.15) is 0 Å². The Kier molecular flexibility index (Phi) is 5.45. The Morgan fingerprint density at radius 1 is 1.33 bits per heavy atom. The number of ether oxygens (including phenoxy) is 1. The van der Waals surface area contributed by atoms with Crippen molar-refractivity contribution in [2.24, 2.45) is 0 Å². The maximum Gasteiger partial charge on any atom is 0.0867 e. The van der Waals surface area contributed by atoms with Gasteiger partial charge in [0.1, 0.15) is 0 Å². The highest BCUT2D eigenvalue weighted by molar-refractivity contribution is 5.85. The van der Waals surface area contributed by atoms with Crippen LogP contribution < -0.4 is 5.32 Å². The molecule has 0 amide bonds. The predicted octanol–water partition coefficient (Wildman–Crippen LogP) is 0.132. The summed E-state index contributed by atoms with van der Waals surface area (Å²) in [6, 6.07) is 0.633. The van der Waals surface area contributed by atoms with Crippen molar-refractivity contribution in [2.45, 2.75) is 12.1 Å². The molecule has 3 nitrogen and oxygen atoms in total. The topological polar surface area (TPSA) is 24.5 Å². The first-order valence-electron chi connectivity index (χ1n) is 3.90. The van der Waals surface area contributed by atoms with Gasteiger partial charge in [0.15, 0.2) is 0 Å². The van der Waals surface area contributed by atoms with Crippen LogP contribution in [0.15, 0.2) is 0 Å². The van der Waals surface area contributed by atoms with Crippen molar-refractivity contribution >= 4 is 24.8 Å². The van der Waals surface area contributed by atoms with Crippen molar-refractivity contribution in [3.63, 3.8) is 0 Å². The maximum absolute atomic E-state index is 5.57. The number of hydrogen-bond donors (Lipinski definition) is 1. The molecule has 12 heavy (non-hydrogen) atoms. The molecule has 1 N–H and O–H groups in total. The van der Waals surface area contributed by atoms with E-state index in [4.69, 9.17) is 4.74 Å². The average Bonchev–Trinajstić information content (AvgIpc) is 2.36. The summed E-state index contributed by atoms with van der Waals surface area (Å²) in [7, 11) is 2.17. The molecule has 0 aromatic carbocycles. The highest BCUT2D eigenvalue weighted by atomic mass is 35.5. The first kappa shape index (κ1) is 12.5. The summed E-state index contributed by atoms with van der Waals surface area (Å²) in [6.07, 6.45) is 0.457. The molecule has 0 aromatic heterocycles. The minimum Gasteiger partial charge on any atom is -0.374 e. The summed E-state index contributed by atoms with van der Waals surface area (Å²) in [5.74, 6) is 0. The Morgan fingerprint density at radius 3 is 2.75 bits per heavy atom. The standard InChI is InChI=1S/C7H14N2O.2ClH/c1-9-2-3-10-7-5-8-4-6(7)9;;/h6-8H,2-5H2,1H3;2*1H/t6-,7-;;/m1../s1. The molecule has 0 saturated carbocycles. The molecule has 2 aliphatic rings. The second-order valence-corrected chi connectivity index (χ2v) is 3.12. The van der Waals surface area contributed by atoms with Crippen molar-refractivity contribution < 1.29 is 4.74 Å². The molecule has 2 saturated heterocycles. The number of likely N-dealkylation sites (N-methyl/N-ethyl adjacent to an activating group) is 1. The van der Waals surface area contributed by atoms with Crippen LogP contribution in [0.25, 0.3) is 0 Å². The van der Waals surface area contributed by atoms with Gasteiger partial charge in [-0.05, 0) is 7.05 Å². The van der Waals surface area contributed by atoms with Crippen LogP contribution in [-0.2, 0) is 4.74 Å². The van der Waals surface area contributed by atoms with Crippen molar-refractivity contribution in [3.05, 3.63) is 0 Å². The Bertz CT molecular complexity index is 137. The molecule has 74 valence electrons. The number of hydrogen-bond acceptors (Lipinski definition) is 3. The van der Waals surface area contributed by atoms with Gasteiger partial charge >= 0.3 is 0 Å². The molecule has 2 heterocycles. The fraction of sp³-hybridized carbons (Fsp3) is 1.00.